The number of hydrogen-bond acceptors (Lipinski definition) is 5. The SMILES string of the molecule is C.C.C.CC1(C)[C@@H]2C/C(=N\O)[C@@](C)(O)[C@H]1C2.CC1(C)[C@@H]2CC(=O)[C@@](C)(O)[C@H]1C2.S.S.S.S.S.S. The summed E-state index contributed by atoms with van der Waals surface area (Å²) >= 11 is 0. The second-order valence-electron chi connectivity index (χ2n) is 10.3. The molecular weight excluding hydrogens is 547 g/mol. The van der Waals surface area contributed by atoms with Crippen LogP contribution in [0.4, 0.5) is 0 Å². The first-order valence-corrected chi connectivity index (χ1v) is 9.46. The Morgan fingerprint density at radius 1 is 0.676 bits per heavy atom. The van der Waals surface area contributed by atoms with Crippen molar-refractivity contribution in [3.05, 3.63) is 0 Å². The van der Waals surface area contributed by atoms with Gasteiger partial charge in [-0.15, -0.1) is 0 Å². The van der Waals surface area contributed by atoms with Crippen LogP contribution in [0.3, 0.4) is 0 Å². The Balaban J connectivity index is -0.0000000679. The van der Waals surface area contributed by atoms with Crippen molar-refractivity contribution < 1.29 is 20.2 Å². The summed E-state index contributed by atoms with van der Waals surface area (Å²) < 4.78 is 0. The van der Waals surface area contributed by atoms with Crippen LogP contribution in [0.1, 0.15) is 89.5 Å². The number of fused-ring (bicyclic) bond motifs is 4. The standard InChI is InChI=1S/C10H17NO2.C10H16O2.3CH4.6H2S/c1-9(2)6-4-7(9)10(3,12)8(5-6)11-13;1-9(2)6-4-7(9)10(3,12)8(11)5-6;;;;;;;;;/h6-7,12-13H,4-5H2,1-3H3;6-7,12H,4-5H2,1-3H3;3*1H4;6*1H2/b11-8+;;;;;;;;;;/t2*6-,7-,10-;;;;;;;;;/m00........./s1. The number of oxime groups is 1. The fourth-order valence-electron chi connectivity index (χ4n) is 6.04. The minimum Gasteiger partial charge on any atom is -0.411 e. The van der Waals surface area contributed by atoms with E-state index in [4.69, 9.17) is 5.21 Å². The third-order valence-corrected chi connectivity index (χ3v) is 8.44. The third kappa shape index (κ3) is 7.60. The van der Waals surface area contributed by atoms with Gasteiger partial charge >= 0.3 is 0 Å². The highest BCUT2D eigenvalue weighted by atomic mass is 32.1. The Morgan fingerprint density at radius 3 is 1.24 bits per heavy atom. The molecule has 5 nitrogen and oxygen atoms in total. The molecule has 6 saturated carbocycles. The molecule has 0 unspecified atom stereocenters. The zero-order chi connectivity index (χ0) is 19.0. The van der Waals surface area contributed by atoms with Gasteiger partial charge in [-0.25, -0.2) is 0 Å². The van der Waals surface area contributed by atoms with Gasteiger partial charge in [-0.3, -0.25) is 4.79 Å². The molecule has 0 aromatic rings. The van der Waals surface area contributed by atoms with E-state index in [1.807, 2.05) is 0 Å². The van der Waals surface area contributed by atoms with Crippen LogP contribution in [0.5, 0.6) is 0 Å². The van der Waals surface area contributed by atoms with E-state index in [0.29, 0.717) is 24.0 Å². The molecule has 6 rings (SSSR count). The molecule has 6 aliphatic carbocycles. The minimum absolute atomic E-state index is 0. The Labute approximate surface area is 251 Å². The molecule has 0 spiro atoms. The zero-order valence-electron chi connectivity index (χ0n) is 19.3. The molecule has 0 saturated heterocycles. The molecule has 3 N–H and O–H groups in total. The van der Waals surface area contributed by atoms with Crippen molar-refractivity contribution in [3.63, 3.8) is 0 Å². The second-order valence-corrected chi connectivity index (χ2v) is 10.3. The van der Waals surface area contributed by atoms with Gasteiger partial charge in [-0.2, -0.15) is 81.0 Å². The second kappa shape index (κ2) is 16.2. The molecule has 214 valence electrons. The van der Waals surface area contributed by atoms with Crippen LogP contribution in [0, 0.1) is 34.5 Å². The highest BCUT2D eigenvalue weighted by molar-refractivity contribution is 7.60. The zero-order valence-corrected chi connectivity index (χ0v) is 25.3. The summed E-state index contributed by atoms with van der Waals surface area (Å²) in [4.78, 5) is 11.4. The molecule has 0 aromatic heterocycles. The van der Waals surface area contributed by atoms with Crippen LogP contribution in [-0.4, -0.2) is 38.1 Å². The molecule has 6 atom stereocenters. The molecular formula is C23H57NO4S6. The van der Waals surface area contributed by atoms with Gasteiger partial charge < -0.3 is 15.4 Å². The molecule has 0 amide bonds. The molecule has 34 heavy (non-hydrogen) atoms. The lowest BCUT2D eigenvalue weighted by Crippen LogP contribution is -2.64. The molecule has 6 aliphatic rings. The average molecular weight is 604 g/mol. The maximum absolute atomic E-state index is 11.4. The summed E-state index contributed by atoms with van der Waals surface area (Å²) in [7, 11) is 0. The maximum atomic E-state index is 11.4. The van der Waals surface area contributed by atoms with Crippen LogP contribution in [-0.2, 0) is 4.79 Å². The predicted octanol–water partition coefficient (Wildman–Crippen LogP) is 5.59. The summed E-state index contributed by atoms with van der Waals surface area (Å²) in [6.07, 6.45) is 3.42. The van der Waals surface area contributed by atoms with Crippen molar-refractivity contribution in [1.29, 1.82) is 0 Å². The Kier molecular flexibility index (Phi) is 24.6. The van der Waals surface area contributed by atoms with E-state index >= 15 is 0 Å². The third-order valence-electron chi connectivity index (χ3n) is 8.44. The van der Waals surface area contributed by atoms with Crippen LogP contribution in [0.25, 0.3) is 0 Å². The summed E-state index contributed by atoms with van der Waals surface area (Å²) in [5.41, 5.74) is -0.992. The summed E-state index contributed by atoms with van der Waals surface area (Å²) in [6.45, 7) is 12.1. The largest absolute Gasteiger partial charge is 0.411 e. The molecule has 0 radical (unpaired) electrons. The number of aliphatic hydroxyl groups is 2. The van der Waals surface area contributed by atoms with Crippen LogP contribution >= 0.6 is 81.0 Å². The number of ketones is 1. The van der Waals surface area contributed by atoms with Gasteiger partial charge in [0, 0.05) is 12.3 Å². The molecule has 0 aliphatic heterocycles. The highest BCUT2D eigenvalue weighted by Crippen LogP contribution is 2.62. The number of nitrogens with zero attached hydrogens (tertiary/aromatic N) is 1. The van der Waals surface area contributed by atoms with Gasteiger partial charge in [0.25, 0.3) is 0 Å². The molecule has 11 heteroatoms. The van der Waals surface area contributed by atoms with Crippen LogP contribution < -0.4 is 0 Å². The van der Waals surface area contributed by atoms with Gasteiger partial charge in [0.1, 0.15) is 11.2 Å². The minimum atomic E-state index is -1.04. The summed E-state index contributed by atoms with van der Waals surface area (Å²) in [6, 6.07) is 0. The first-order valence-electron chi connectivity index (χ1n) is 9.46. The molecule has 6 fully saturated rings. The first kappa shape index (κ1) is 51.7. The Bertz CT molecular complexity index is 641. The molecule has 4 bridgehead atoms. The van der Waals surface area contributed by atoms with Crippen LogP contribution in [0.15, 0.2) is 5.16 Å². The normalized spacial score (nSPS) is 36.9. The molecule has 0 aromatic carbocycles. The highest BCUT2D eigenvalue weighted by Gasteiger charge is 2.63. The van der Waals surface area contributed by atoms with E-state index in [2.05, 4.69) is 32.9 Å². The van der Waals surface area contributed by atoms with E-state index in [1.165, 1.54) is 0 Å². The van der Waals surface area contributed by atoms with E-state index in [1.54, 1.807) is 13.8 Å². The maximum Gasteiger partial charge on any atom is 0.164 e. The Morgan fingerprint density at radius 2 is 1.00 bits per heavy atom. The monoisotopic (exact) mass is 603 g/mol. The van der Waals surface area contributed by atoms with E-state index in [0.717, 1.165) is 19.3 Å². The van der Waals surface area contributed by atoms with Gasteiger partial charge in [0.05, 0.1) is 5.71 Å². The van der Waals surface area contributed by atoms with Crippen molar-refractivity contribution in [1.82, 2.24) is 0 Å². The van der Waals surface area contributed by atoms with Crippen molar-refractivity contribution in [2.45, 2.75) is 101 Å². The van der Waals surface area contributed by atoms with Gasteiger partial charge in [0.2, 0.25) is 0 Å². The Hall–Kier alpha value is 1.16. The lowest BCUT2D eigenvalue weighted by molar-refractivity contribution is -0.196. The first-order chi connectivity index (χ1) is 11.3. The quantitative estimate of drug-likeness (QED) is 0.249. The number of carbonyl (C=O) groups excluding carboxylic acids is 1. The van der Waals surface area contributed by atoms with Gasteiger partial charge in [-0.1, -0.05) is 55.1 Å². The lowest BCUT2D eigenvalue weighted by Gasteiger charge is -2.62. The van der Waals surface area contributed by atoms with E-state index in [-0.39, 0.29) is 132 Å². The van der Waals surface area contributed by atoms with Crippen molar-refractivity contribution in [3.8, 4) is 0 Å². The predicted molar refractivity (Wildman–Crippen MR) is 178 cm³/mol. The lowest BCUT2D eigenvalue weighted by atomic mass is 9.44. The van der Waals surface area contributed by atoms with Gasteiger partial charge in [0.15, 0.2) is 5.78 Å². The number of carbonyl (C=O) groups is 1. The van der Waals surface area contributed by atoms with Gasteiger partial charge in [-0.05, 0) is 61.7 Å². The average Bonchev–Trinajstić information content (AvgIpc) is 2.48. The number of hydrogen-bond donors (Lipinski definition) is 3. The fourth-order valence-corrected chi connectivity index (χ4v) is 6.04. The van der Waals surface area contributed by atoms with E-state index in [9.17, 15) is 15.0 Å². The fraction of sp³-hybridized carbons (Fsp3) is 0.913. The van der Waals surface area contributed by atoms with Crippen molar-refractivity contribution >= 4 is 92.5 Å². The molecule has 0 heterocycles. The topological polar surface area (TPSA) is 90.1 Å². The smallest absolute Gasteiger partial charge is 0.164 e. The summed E-state index contributed by atoms with van der Waals surface area (Å²) in [5, 5.41) is 32.1. The van der Waals surface area contributed by atoms with Crippen LogP contribution in [0.2, 0.25) is 0 Å². The van der Waals surface area contributed by atoms with E-state index < -0.39 is 11.2 Å². The van der Waals surface area contributed by atoms with Crippen molar-refractivity contribution in [2.75, 3.05) is 0 Å². The van der Waals surface area contributed by atoms with Crippen molar-refractivity contribution in [2.24, 2.45) is 39.7 Å². The summed E-state index contributed by atoms with van der Waals surface area (Å²) in [5.74, 6) is 1.60. The number of Topliss-reactive ketones (excluding diaryl/α,β-unsaturated/α-hetero) is 1. The number of rotatable bonds is 0.